The van der Waals surface area contributed by atoms with Crippen LogP contribution < -0.4 is 0 Å². The molecule has 1 heterocycles. The van der Waals surface area contributed by atoms with E-state index in [0.29, 0.717) is 17.2 Å². The first kappa shape index (κ1) is 18.3. The highest BCUT2D eigenvalue weighted by molar-refractivity contribution is 5.85. The third kappa shape index (κ3) is 4.44. The van der Waals surface area contributed by atoms with Gasteiger partial charge in [0.2, 0.25) is 0 Å². The molecule has 0 amide bonds. The number of phenolic OH excluding ortho intramolecular Hbond substituents is 1. The lowest BCUT2D eigenvalue weighted by molar-refractivity contribution is 0.474. The zero-order valence-corrected chi connectivity index (χ0v) is 15.4. The Balaban J connectivity index is 1.71. The number of halogens is 1. The van der Waals surface area contributed by atoms with Crippen molar-refractivity contribution in [1.82, 2.24) is 9.66 Å². The van der Waals surface area contributed by atoms with Crippen LogP contribution in [0.15, 0.2) is 95.2 Å². The average Bonchev–Trinajstić information content (AvgIpc) is 3.16. The number of aromatic nitrogens is 2. The summed E-state index contributed by atoms with van der Waals surface area (Å²) in [6.07, 6.45) is 4.91. The van der Waals surface area contributed by atoms with Gasteiger partial charge in [0.05, 0.1) is 18.1 Å². The molecule has 3 aromatic carbocycles. The number of rotatable bonds is 5. The van der Waals surface area contributed by atoms with E-state index in [9.17, 15) is 9.50 Å². The van der Waals surface area contributed by atoms with Gasteiger partial charge < -0.3 is 5.11 Å². The van der Waals surface area contributed by atoms with Gasteiger partial charge in [-0.3, -0.25) is 0 Å². The van der Waals surface area contributed by atoms with Crippen LogP contribution in [-0.4, -0.2) is 27.2 Å². The van der Waals surface area contributed by atoms with Crippen molar-refractivity contribution < 1.29 is 9.50 Å². The molecule has 0 atom stereocenters. The molecule has 0 saturated carbocycles. The number of imidazole rings is 1. The number of hydrogen-bond acceptors (Lipinski definition) is 4. The molecule has 0 aliphatic rings. The standard InChI is InChI=1S/C23H17FN4O/c24-20-12-10-17(11-13-20)14-26-28-16-21(18-6-2-1-3-7-18)27-23(28)25-15-19-8-4-5-9-22(19)29/h1-16,29H/b25-15-,26-14-. The van der Waals surface area contributed by atoms with E-state index in [4.69, 9.17) is 0 Å². The second-order valence-electron chi connectivity index (χ2n) is 6.25. The van der Waals surface area contributed by atoms with Crippen LogP contribution in [0.3, 0.4) is 0 Å². The van der Waals surface area contributed by atoms with E-state index in [2.05, 4.69) is 15.1 Å². The van der Waals surface area contributed by atoms with Gasteiger partial charge >= 0.3 is 0 Å². The first-order valence-corrected chi connectivity index (χ1v) is 8.96. The molecule has 0 aliphatic heterocycles. The lowest BCUT2D eigenvalue weighted by Gasteiger charge is -1.98. The summed E-state index contributed by atoms with van der Waals surface area (Å²) < 4.78 is 14.6. The number of aromatic hydroxyl groups is 1. The largest absolute Gasteiger partial charge is 0.507 e. The Morgan fingerprint density at radius 1 is 0.862 bits per heavy atom. The molecule has 29 heavy (non-hydrogen) atoms. The number of nitrogens with zero attached hydrogens (tertiary/aromatic N) is 4. The van der Waals surface area contributed by atoms with Crippen LogP contribution in [0.4, 0.5) is 10.3 Å². The average molecular weight is 384 g/mol. The minimum atomic E-state index is -0.302. The van der Waals surface area contributed by atoms with Crippen molar-refractivity contribution in [2.24, 2.45) is 10.1 Å². The van der Waals surface area contributed by atoms with Crippen molar-refractivity contribution in [1.29, 1.82) is 0 Å². The van der Waals surface area contributed by atoms with Crippen LogP contribution >= 0.6 is 0 Å². The lowest BCUT2D eigenvalue weighted by atomic mass is 10.2. The first-order valence-electron chi connectivity index (χ1n) is 8.96. The zero-order chi connectivity index (χ0) is 20.1. The van der Waals surface area contributed by atoms with Crippen LogP contribution in [0.1, 0.15) is 11.1 Å². The Kier molecular flexibility index (Phi) is 5.25. The van der Waals surface area contributed by atoms with Gasteiger partial charge in [-0.2, -0.15) is 5.10 Å². The van der Waals surface area contributed by atoms with Gasteiger partial charge in [-0.05, 0) is 29.8 Å². The molecule has 0 spiro atoms. The molecule has 0 unspecified atom stereocenters. The van der Waals surface area contributed by atoms with E-state index in [0.717, 1.165) is 11.1 Å². The zero-order valence-electron chi connectivity index (χ0n) is 15.4. The summed E-state index contributed by atoms with van der Waals surface area (Å²) in [5, 5.41) is 14.4. The molecular formula is C23H17FN4O. The predicted octanol–water partition coefficient (Wildman–Crippen LogP) is 5.03. The van der Waals surface area contributed by atoms with Crippen LogP contribution in [0, 0.1) is 5.82 Å². The maximum Gasteiger partial charge on any atom is 0.251 e. The summed E-state index contributed by atoms with van der Waals surface area (Å²) in [6.45, 7) is 0. The Bertz CT molecular complexity index is 1170. The highest BCUT2D eigenvalue weighted by atomic mass is 19.1. The summed E-state index contributed by atoms with van der Waals surface area (Å²) in [5.74, 6) is 0.182. The Hall–Kier alpha value is -4.06. The SMILES string of the molecule is Oc1ccccc1/C=N\c1nc(-c2ccccc2)cn1/N=C\c1ccc(F)cc1. The molecule has 142 valence electrons. The van der Waals surface area contributed by atoms with Crippen LogP contribution in [0.25, 0.3) is 11.3 Å². The molecule has 0 aliphatic carbocycles. The van der Waals surface area contributed by atoms with Gasteiger partial charge in [0, 0.05) is 17.3 Å². The van der Waals surface area contributed by atoms with E-state index in [-0.39, 0.29) is 11.6 Å². The molecule has 0 saturated heterocycles. The van der Waals surface area contributed by atoms with Crippen molar-refractivity contribution in [2.45, 2.75) is 0 Å². The van der Waals surface area contributed by atoms with E-state index in [1.807, 2.05) is 36.4 Å². The van der Waals surface area contributed by atoms with Crippen molar-refractivity contribution in [3.8, 4) is 17.0 Å². The molecule has 4 rings (SSSR count). The molecule has 4 aromatic rings. The fourth-order valence-electron chi connectivity index (χ4n) is 2.68. The fraction of sp³-hybridized carbons (Fsp3) is 0. The minimum absolute atomic E-state index is 0.132. The van der Waals surface area contributed by atoms with Crippen LogP contribution in [0.2, 0.25) is 0 Å². The molecule has 5 nitrogen and oxygen atoms in total. The summed E-state index contributed by atoms with van der Waals surface area (Å²) in [4.78, 5) is 8.96. The van der Waals surface area contributed by atoms with Gasteiger partial charge in [-0.1, -0.05) is 54.6 Å². The third-order valence-corrected chi connectivity index (χ3v) is 4.20. The first-order chi connectivity index (χ1) is 14.2. The van der Waals surface area contributed by atoms with Crippen molar-refractivity contribution in [3.05, 3.63) is 102 Å². The molecule has 1 N–H and O–H groups in total. The van der Waals surface area contributed by atoms with Gasteiger partial charge in [-0.25, -0.2) is 19.0 Å². The van der Waals surface area contributed by atoms with Gasteiger partial charge in [0.15, 0.2) is 0 Å². The quantitative estimate of drug-likeness (QED) is 0.491. The van der Waals surface area contributed by atoms with E-state index in [1.165, 1.54) is 18.3 Å². The summed E-state index contributed by atoms with van der Waals surface area (Å²) in [7, 11) is 0. The van der Waals surface area contributed by atoms with E-state index < -0.39 is 0 Å². The second-order valence-corrected chi connectivity index (χ2v) is 6.25. The molecule has 0 radical (unpaired) electrons. The van der Waals surface area contributed by atoms with Crippen molar-refractivity contribution in [3.63, 3.8) is 0 Å². The van der Waals surface area contributed by atoms with Crippen LogP contribution in [0.5, 0.6) is 5.75 Å². The van der Waals surface area contributed by atoms with E-state index >= 15 is 0 Å². The molecule has 1 aromatic heterocycles. The summed E-state index contributed by atoms with van der Waals surface area (Å²) >= 11 is 0. The lowest BCUT2D eigenvalue weighted by Crippen LogP contribution is -1.90. The highest BCUT2D eigenvalue weighted by Crippen LogP contribution is 2.23. The topological polar surface area (TPSA) is 62.8 Å². The number of para-hydroxylation sites is 1. The maximum absolute atomic E-state index is 13.1. The maximum atomic E-state index is 13.1. The summed E-state index contributed by atoms with van der Waals surface area (Å²) in [6, 6.07) is 22.6. The summed E-state index contributed by atoms with van der Waals surface area (Å²) in [5.41, 5.74) is 2.97. The Morgan fingerprint density at radius 2 is 1.59 bits per heavy atom. The van der Waals surface area contributed by atoms with Gasteiger partial charge in [0.25, 0.3) is 5.95 Å². The highest BCUT2D eigenvalue weighted by Gasteiger charge is 2.08. The predicted molar refractivity (Wildman–Crippen MR) is 112 cm³/mol. The Morgan fingerprint density at radius 3 is 2.34 bits per heavy atom. The monoisotopic (exact) mass is 384 g/mol. The van der Waals surface area contributed by atoms with Gasteiger partial charge in [0.1, 0.15) is 11.6 Å². The smallest absolute Gasteiger partial charge is 0.251 e. The molecular weight excluding hydrogens is 367 g/mol. The second kappa shape index (κ2) is 8.31. The van der Waals surface area contributed by atoms with Crippen molar-refractivity contribution in [2.75, 3.05) is 0 Å². The number of benzene rings is 3. The molecule has 0 bridgehead atoms. The number of hydrogen-bond donors (Lipinski definition) is 1. The van der Waals surface area contributed by atoms with Crippen molar-refractivity contribution >= 4 is 18.4 Å². The van der Waals surface area contributed by atoms with Gasteiger partial charge in [-0.15, -0.1) is 0 Å². The minimum Gasteiger partial charge on any atom is -0.507 e. The third-order valence-electron chi connectivity index (χ3n) is 4.20. The normalized spacial score (nSPS) is 11.5. The van der Waals surface area contributed by atoms with E-state index in [1.54, 1.807) is 47.4 Å². The van der Waals surface area contributed by atoms with Crippen LogP contribution in [-0.2, 0) is 0 Å². The number of phenols is 1. The number of aliphatic imine (C=N–C) groups is 1. The molecule has 6 heteroatoms. The molecule has 0 fully saturated rings. The fourth-order valence-corrected chi connectivity index (χ4v) is 2.68. The Labute approximate surface area is 167 Å².